The summed E-state index contributed by atoms with van der Waals surface area (Å²) in [5, 5.41) is 5.51. The van der Waals surface area contributed by atoms with Crippen LogP contribution in [0.5, 0.6) is 0 Å². The number of carbonyl (C=O) groups excluding carboxylic acids is 1. The van der Waals surface area contributed by atoms with Crippen molar-refractivity contribution in [2.75, 3.05) is 6.54 Å². The van der Waals surface area contributed by atoms with Crippen LogP contribution in [0.2, 0.25) is 0 Å². The van der Waals surface area contributed by atoms with Crippen LogP contribution in [0.3, 0.4) is 0 Å². The number of ether oxygens (including phenoxy) is 1. The Morgan fingerprint density at radius 2 is 1.67 bits per heavy atom. The minimum Gasteiger partial charge on any atom is -0.444 e. The van der Waals surface area contributed by atoms with E-state index in [9.17, 15) is 14.0 Å². The van der Waals surface area contributed by atoms with Gasteiger partial charge in [-0.15, -0.1) is 0 Å². The molecule has 5 aromatic rings. The van der Waals surface area contributed by atoms with Crippen LogP contribution in [-0.2, 0) is 17.2 Å². The molecule has 1 aliphatic heterocycles. The number of halogens is 2. The predicted molar refractivity (Wildman–Crippen MR) is 167 cm³/mol. The van der Waals surface area contributed by atoms with Gasteiger partial charge < -0.3 is 14.2 Å². The first kappa shape index (κ1) is 29.1. The quantitative estimate of drug-likeness (QED) is 0.231. The van der Waals surface area contributed by atoms with E-state index in [2.05, 4.69) is 0 Å². The highest BCUT2D eigenvalue weighted by atomic mass is 19.1. The second-order valence-electron chi connectivity index (χ2n) is 13.5. The Labute approximate surface area is 259 Å². The third kappa shape index (κ3) is 4.42. The van der Waals surface area contributed by atoms with Gasteiger partial charge in [0.15, 0.2) is 5.82 Å². The van der Waals surface area contributed by atoms with Crippen molar-refractivity contribution >= 4 is 17.0 Å². The number of aromatic nitrogens is 5. The number of aryl methyl sites for hydroxylation is 3. The van der Waals surface area contributed by atoms with Gasteiger partial charge in [-0.05, 0) is 95.8 Å². The van der Waals surface area contributed by atoms with Gasteiger partial charge in [-0.3, -0.25) is 9.13 Å². The van der Waals surface area contributed by atoms with Crippen LogP contribution in [0.1, 0.15) is 69.0 Å². The van der Waals surface area contributed by atoms with E-state index in [1.54, 1.807) is 66.2 Å². The topological polar surface area (TPSA) is 79.2 Å². The lowest BCUT2D eigenvalue weighted by atomic mass is 9.88. The first-order valence-electron chi connectivity index (χ1n) is 15.2. The molecule has 3 aromatic heterocycles. The lowest BCUT2D eigenvalue weighted by molar-refractivity contribution is 0.0126. The molecule has 0 N–H and O–H groups in total. The average molecular weight is 615 g/mol. The van der Waals surface area contributed by atoms with Crippen molar-refractivity contribution in [3.63, 3.8) is 0 Å². The zero-order valence-electron chi connectivity index (χ0n) is 26.5. The molecular formula is C34H36F2N6O3. The van der Waals surface area contributed by atoms with Crippen LogP contribution >= 0.6 is 0 Å². The highest BCUT2D eigenvalue weighted by molar-refractivity contribution is 5.83. The lowest BCUT2D eigenvalue weighted by Gasteiger charge is -2.38. The smallest absolute Gasteiger partial charge is 0.410 e. The number of amides is 1. The zero-order valence-corrected chi connectivity index (χ0v) is 26.5. The molecule has 0 saturated heterocycles. The fourth-order valence-corrected chi connectivity index (χ4v) is 6.65. The summed E-state index contributed by atoms with van der Waals surface area (Å²) in [5.41, 5.74) is 2.23. The summed E-state index contributed by atoms with van der Waals surface area (Å²) in [6.45, 7) is 11.2. The van der Waals surface area contributed by atoms with Gasteiger partial charge in [-0.2, -0.15) is 5.10 Å². The molecule has 0 radical (unpaired) electrons. The summed E-state index contributed by atoms with van der Waals surface area (Å²) in [7, 11) is 1.83. The van der Waals surface area contributed by atoms with Gasteiger partial charge in [0, 0.05) is 48.5 Å². The normalized spacial score (nSPS) is 17.3. The molecule has 2 aromatic carbocycles. The lowest BCUT2D eigenvalue weighted by Crippen LogP contribution is -2.46. The fourth-order valence-electron chi connectivity index (χ4n) is 6.65. The Morgan fingerprint density at radius 3 is 2.31 bits per heavy atom. The molecule has 45 heavy (non-hydrogen) atoms. The molecule has 0 bridgehead atoms. The van der Waals surface area contributed by atoms with Gasteiger partial charge in [-0.25, -0.2) is 23.1 Å². The van der Waals surface area contributed by atoms with Crippen LogP contribution < -0.4 is 5.69 Å². The van der Waals surface area contributed by atoms with E-state index < -0.39 is 29.2 Å². The Hall–Kier alpha value is -4.67. The third-order valence-corrected chi connectivity index (χ3v) is 9.15. The molecule has 11 heteroatoms. The van der Waals surface area contributed by atoms with E-state index in [-0.39, 0.29) is 16.9 Å². The first-order chi connectivity index (χ1) is 21.2. The van der Waals surface area contributed by atoms with Crippen molar-refractivity contribution in [3.8, 4) is 17.2 Å². The summed E-state index contributed by atoms with van der Waals surface area (Å²) >= 11 is 0. The molecule has 7 rings (SSSR count). The number of carbonyl (C=O) groups is 1. The maximum Gasteiger partial charge on any atom is 0.410 e. The number of rotatable bonds is 3. The van der Waals surface area contributed by atoms with E-state index in [4.69, 9.17) is 9.84 Å². The van der Waals surface area contributed by atoms with Gasteiger partial charge in [0.1, 0.15) is 17.2 Å². The SMILES string of the molecule is Cc1cc(-n2nc3c(c2-n2ccn(-c4ccc5c(ccn5C)c4F)c2=O)[C@H](C)N(C(=O)OC(C)(C)C)CC32CC2)cc(C)c1F. The molecule has 234 valence electrons. The molecule has 1 amide bonds. The highest BCUT2D eigenvalue weighted by Crippen LogP contribution is 2.55. The van der Waals surface area contributed by atoms with Crippen LogP contribution in [0.4, 0.5) is 13.6 Å². The van der Waals surface area contributed by atoms with Crippen molar-refractivity contribution in [1.82, 2.24) is 28.4 Å². The van der Waals surface area contributed by atoms with Crippen molar-refractivity contribution in [2.24, 2.45) is 7.05 Å². The first-order valence-corrected chi connectivity index (χ1v) is 15.2. The average Bonchev–Trinajstić information content (AvgIpc) is 3.26. The molecule has 1 saturated carbocycles. The molecular weight excluding hydrogens is 578 g/mol. The number of imidazole rings is 1. The molecule has 2 aliphatic rings. The van der Waals surface area contributed by atoms with E-state index >= 15 is 4.39 Å². The van der Waals surface area contributed by atoms with Gasteiger partial charge in [-0.1, -0.05) is 0 Å². The summed E-state index contributed by atoms with van der Waals surface area (Å²) in [4.78, 5) is 29.5. The van der Waals surface area contributed by atoms with Crippen LogP contribution in [0.25, 0.3) is 28.1 Å². The number of nitrogens with zero attached hydrogens (tertiary/aromatic N) is 6. The second kappa shape index (κ2) is 9.66. The highest BCUT2D eigenvalue weighted by Gasteiger charge is 2.56. The predicted octanol–water partition coefficient (Wildman–Crippen LogP) is 6.54. The van der Waals surface area contributed by atoms with Gasteiger partial charge >= 0.3 is 11.8 Å². The summed E-state index contributed by atoms with van der Waals surface area (Å²) in [6, 6.07) is 7.96. The van der Waals surface area contributed by atoms with Gasteiger partial charge in [0.25, 0.3) is 0 Å². The van der Waals surface area contributed by atoms with Crippen molar-refractivity contribution < 1.29 is 18.3 Å². The number of hydrogen-bond acceptors (Lipinski definition) is 4. The minimum absolute atomic E-state index is 0.118. The molecule has 4 heterocycles. The molecule has 9 nitrogen and oxygen atoms in total. The summed E-state index contributed by atoms with van der Waals surface area (Å²) < 4.78 is 42.6. The van der Waals surface area contributed by atoms with E-state index in [1.807, 2.05) is 39.3 Å². The Morgan fingerprint density at radius 1 is 1.00 bits per heavy atom. The van der Waals surface area contributed by atoms with Crippen LogP contribution in [0, 0.1) is 25.5 Å². The zero-order chi connectivity index (χ0) is 32.2. The van der Waals surface area contributed by atoms with E-state index in [0.717, 1.165) is 18.5 Å². The number of benzene rings is 2. The number of fused-ring (bicyclic) bond motifs is 3. The maximum atomic E-state index is 15.8. The molecule has 1 aliphatic carbocycles. The monoisotopic (exact) mass is 614 g/mol. The standard InChI is InChI=1S/C34H36F2N6O3/c1-19-16-22(17-20(2)27(19)35)42-30(26-21(3)41(32(44)45-33(4,5)6)18-34(11-12-34)29(26)37-42)40-15-14-39(31(40)43)25-9-8-24-23(28(25)36)10-13-38(24)7/h8-10,13-17,21H,11-12,18H2,1-7H3/t21-/m0/s1. The third-order valence-electron chi connectivity index (χ3n) is 9.15. The summed E-state index contributed by atoms with van der Waals surface area (Å²) in [6.07, 6.45) is 6.10. The van der Waals surface area contributed by atoms with Gasteiger partial charge in [0.05, 0.1) is 28.6 Å². The molecule has 1 fully saturated rings. The van der Waals surface area contributed by atoms with Crippen molar-refractivity contribution in [2.45, 2.75) is 71.4 Å². The van der Waals surface area contributed by atoms with E-state index in [0.29, 0.717) is 45.6 Å². The van der Waals surface area contributed by atoms with Crippen molar-refractivity contribution in [3.05, 3.63) is 93.4 Å². The molecule has 0 unspecified atom stereocenters. The maximum absolute atomic E-state index is 15.8. The second-order valence-corrected chi connectivity index (χ2v) is 13.5. The van der Waals surface area contributed by atoms with Crippen LogP contribution in [0.15, 0.2) is 53.7 Å². The minimum atomic E-state index is -0.692. The van der Waals surface area contributed by atoms with Gasteiger partial charge in [0.2, 0.25) is 0 Å². The number of hydrogen-bond donors (Lipinski definition) is 0. The Bertz CT molecular complexity index is 2070. The molecule has 1 atom stereocenters. The Balaban J connectivity index is 1.46. The largest absolute Gasteiger partial charge is 0.444 e. The van der Waals surface area contributed by atoms with Crippen LogP contribution in [-0.4, -0.2) is 46.6 Å². The Kier molecular flexibility index (Phi) is 6.24. The van der Waals surface area contributed by atoms with E-state index in [1.165, 1.54) is 15.3 Å². The van der Waals surface area contributed by atoms with Crippen molar-refractivity contribution in [1.29, 1.82) is 0 Å². The molecule has 1 spiro atoms. The fraction of sp³-hybridized carbons (Fsp3) is 0.382. The summed E-state index contributed by atoms with van der Waals surface area (Å²) in [5.74, 6) is -0.391.